The zero-order valence-corrected chi connectivity index (χ0v) is 25.1. The van der Waals surface area contributed by atoms with Crippen molar-refractivity contribution < 1.29 is 38.7 Å². The molecule has 0 aliphatic carbocycles. The average molecular weight is 643 g/mol. The van der Waals surface area contributed by atoms with E-state index < -0.39 is 60.8 Å². The molecule has 0 radical (unpaired) electrons. The van der Waals surface area contributed by atoms with Gasteiger partial charge in [0.25, 0.3) is 11.8 Å². The molecule has 4 rings (SSSR count). The number of carbonyl (C=O) groups excluding carboxylic acids is 4. The lowest BCUT2D eigenvalue weighted by Gasteiger charge is -2.22. The predicted octanol–water partition coefficient (Wildman–Crippen LogP) is 3.83. The van der Waals surface area contributed by atoms with Crippen molar-refractivity contribution in [3.8, 4) is 0 Å². The number of ether oxygens (including phenoxy) is 1. The Labute approximate surface area is 261 Å². The van der Waals surface area contributed by atoms with Crippen molar-refractivity contribution in [2.24, 2.45) is 11.1 Å². The van der Waals surface area contributed by atoms with E-state index in [-0.39, 0.29) is 33.6 Å². The molecule has 0 saturated heterocycles. The minimum atomic E-state index is -1.54. The molecule has 2 heterocycles. The topological polar surface area (TPSA) is 173 Å². The number of hydrogen-bond acceptors (Lipinski definition) is 9. The second-order valence-corrected chi connectivity index (χ2v) is 11.1. The van der Waals surface area contributed by atoms with Gasteiger partial charge in [0.05, 0.1) is 39.3 Å². The van der Waals surface area contributed by atoms with Gasteiger partial charge in [0, 0.05) is 11.8 Å². The van der Waals surface area contributed by atoms with Crippen molar-refractivity contribution in [1.29, 1.82) is 0 Å². The number of carboxylic acids is 1. The minimum Gasteiger partial charge on any atom is -0.481 e. The molecule has 3 N–H and O–H groups in total. The van der Waals surface area contributed by atoms with E-state index in [4.69, 9.17) is 32.8 Å². The van der Waals surface area contributed by atoms with Gasteiger partial charge in [0.2, 0.25) is 6.10 Å². The Morgan fingerprint density at radius 2 is 1.70 bits per heavy atom. The van der Waals surface area contributed by atoms with Gasteiger partial charge >= 0.3 is 11.9 Å². The highest BCUT2D eigenvalue weighted by atomic mass is 35.5. The first-order valence-corrected chi connectivity index (χ1v) is 14.3. The zero-order valence-electron chi connectivity index (χ0n) is 23.6. The Kier molecular flexibility index (Phi) is 10.5. The maximum atomic E-state index is 13.0. The van der Waals surface area contributed by atoms with Crippen molar-refractivity contribution in [3.05, 3.63) is 75.9 Å². The second kappa shape index (κ2) is 14.3. The summed E-state index contributed by atoms with van der Waals surface area (Å²) in [4.78, 5) is 72.4. The van der Waals surface area contributed by atoms with Gasteiger partial charge in [-0.25, -0.2) is 9.78 Å². The van der Waals surface area contributed by atoms with Gasteiger partial charge in [-0.15, -0.1) is 0 Å². The van der Waals surface area contributed by atoms with Crippen LogP contribution in [0.4, 0.5) is 0 Å². The smallest absolute Gasteiger partial charge is 0.341 e. The number of benzene rings is 2. The number of Topliss-reactive ketones (excluding diaryl/α,β-unsaturated/α-hetero) is 1. The van der Waals surface area contributed by atoms with Crippen molar-refractivity contribution in [1.82, 2.24) is 15.6 Å². The fourth-order valence-electron chi connectivity index (χ4n) is 4.45. The van der Waals surface area contributed by atoms with Crippen molar-refractivity contribution in [2.45, 2.75) is 44.9 Å². The molecule has 12 nitrogen and oxygen atoms in total. The fraction of sp³-hybridized carbons (Fsp3) is 0.300. The summed E-state index contributed by atoms with van der Waals surface area (Å²) in [5.74, 6) is -4.65. The van der Waals surface area contributed by atoms with Gasteiger partial charge in [0.15, 0.2) is 12.4 Å². The van der Waals surface area contributed by atoms with Crippen molar-refractivity contribution in [3.63, 3.8) is 0 Å². The monoisotopic (exact) mass is 642 g/mol. The Morgan fingerprint density at radius 3 is 2.39 bits per heavy atom. The number of fused-ring (bicyclic) bond motifs is 1. The molecule has 0 bridgehead atoms. The van der Waals surface area contributed by atoms with Crippen LogP contribution in [0.2, 0.25) is 10.0 Å². The van der Waals surface area contributed by atoms with Crippen LogP contribution in [-0.4, -0.2) is 70.1 Å². The van der Waals surface area contributed by atoms with E-state index in [0.29, 0.717) is 11.2 Å². The first-order valence-electron chi connectivity index (χ1n) is 13.5. The van der Waals surface area contributed by atoms with E-state index in [1.54, 1.807) is 18.2 Å². The number of aromatic nitrogens is 1. The molecule has 0 saturated carbocycles. The Balaban J connectivity index is 1.37. The highest BCUT2D eigenvalue weighted by Crippen LogP contribution is 2.25. The van der Waals surface area contributed by atoms with E-state index >= 15 is 0 Å². The summed E-state index contributed by atoms with van der Waals surface area (Å²) < 4.78 is 4.99. The van der Waals surface area contributed by atoms with Crippen LogP contribution in [-0.2, 0) is 24.0 Å². The van der Waals surface area contributed by atoms with Crippen molar-refractivity contribution >= 4 is 69.4 Å². The summed E-state index contributed by atoms with van der Waals surface area (Å²) in [7, 11) is 0. The Bertz CT molecular complexity index is 1620. The number of rotatable bonds is 12. The molecular weight excluding hydrogens is 615 g/mol. The number of pyridine rings is 1. The molecule has 230 valence electrons. The second-order valence-electron chi connectivity index (χ2n) is 10.3. The molecule has 1 aliphatic rings. The highest BCUT2D eigenvalue weighted by molar-refractivity contribution is 6.39. The Hall–Kier alpha value is -4.55. The van der Waals surface area contributed by atoms with Crippen LogP contribution in [0.5, 0.6) is 0 Å². The molecule has 3 aromatic rings. The molecule has 14 heteroatoms. The molecule has 3 atom stereocenters. The summed E-state index contributed by atoms with van der Waals surface area (Å²) in [5.41, 5.74) is 1.08. The lowest BCUT2D eigenvalue weighted by atomic mass is 9.95. The third kappa shape index (κ3) is 7.88. The van der Waals surface area contributed by atoms with Crippen LogP contribution >= 0.6 is 23.2 Å². The number of nitrogens with one attached hydrogen (secondary N) is 2. The van der Waals surface area contributed by atoms with E-state index in [1.165, 1.54) is 18.2 Å². The van der Waals surface area contributed by atoms with Crippen LogP contribution in [0.15, 0.2) is 59.8 Å². The van der Waals surface area contributed by atoms with E-state index in [2.05, 4.69) is 20.8 Å². The molecule has 44 heavy (non-hydrogen) atoms. The summed E-state index contributed by atoms with van der Waals surface area (Å²) in [6.45, 7) is 2.86. The molecular formula is C30H28Cl2N4O8. The molecule has 2 amide bonds. The predicted molar refractivity (Wildman–Crippen MR) is 161 cm³/mol. The number of ketones is 1. The number of para-hydroxylation sites is 1. The number of oxime groups is 1. The number of amides is 2. The number of hydrogen-bond donors (Lipinski definition) is 3. The maximum Gasteiger partial charge on any atom is 0.341 e. The number of esters is 1. The molecule has 1 aliphatic heterocycles. The van der Waals surface area contributed by atoms with Crippen LogP contribution in [0, 0.1) is 5.92 Å². The van der Waals surface area contributed by atoms with E-state index in [0.717, 1.165) is 5.39 Å². The molecule has 0 fully saturated rings. The largest absolute Gasteiger partial charge is 0.481 e. The quantitative estimate of drug-likeness (QED) is 0.248. The number of carbonyl (C=O) groups is 5. The molecule has 2 aromatic carbocycles. The first kappa shape index (κ1) is 32.4. The van der Waals surface area contributed by atoms with E-state index in [1.807, 2.05) is 32.0 Å². The molecule has 1 unspecified atom stereocenters. The number of halogens is 2. The lowest BCUT2D eigenvalue weighted by molar-refractivity contribution is -0.142. The van der Waals surface area contributed by atoms with E-state index in [9.17, 15) is 29.1 Å². The molecule has 0 spiro atoms. The van der Waals surface area contributed by atoms with Crippen molar-refractivity contribution in [2.75, 3.05) is 6.61 Å². The van der Waals surface area contributed by atoms with Gasteiger partial charge in [-0.1, -0.05) is 72.5 Å². The third-order valence-electron chi connectivity index (χ3n) is 6.72. The minimum absolute atomic E-state index is 0.00365. The van der Waals surface area contributed by atoms with Gasteiger partial charge in [-0.2, -0.15) is 0 Å². The summed E-state index contributed by atoms with van der Waals surface area (Å²) in [5, 5.41) is 19.4. The van der Waals surface area contributed by atoms with Gasteiger partial charge in [-0.05, 0) is 30.2 Å². The summed E-state index contributed by atoms with van der Waals surface area (Å²) >= 11 is 12.0. The zero-order chi connectivity index (χ0) is 32.0. The highest BCUT2D eigenvalue weighted by Gasteiger charge is 2.36. The fourth-order valence-corrected chi connectivity index (χ4v) is 5.00. The summed E-state index contributed by atoms with van der Waals surface area (Å²) in [6.07, 6.45) is -2.01. The van der Waals surface area contributed by atoms with Gasteiger partial charge < -0.3 is 25.3 Å². The van der Waals surface area contributed by atoms with Crippen LogP contribution in [0.3, 0.4) is 0 Å². The number of carboxylic acid groups (broad SMARTS) is 1. The lowest BCUT2D eigenvalue weighted by Crippen LogP contribution is -2.49. The van der Waals surface area contributed by atoms with Crippen LogP contribution < -0.4 is 10.6 Å². The van der Waals surface area contributed by atoms with Gasteiger partial charge in [-0.3, -0.25) is 19.2 Å². The average Bonchev–Trinajstić information content (AvgIpc) is 3.47. The number of aliphatic carboxylic acids is 1. The normalized spacial score (nSPS) is 15.6. The number of nitrogens with zero attached hydrogens (tertiary/aromatic N) is 2. The summed E-state index contributed by atoms with van der Waals surface area (Å²) in [6, 6.07) is 13.0. The molecule has 1 aromatic heterocycles. The van der Waals surface area contributed by atoms with Crippen LogP contribution in [0.1, 0.15) is 47.5 Å². The third-order valence-corrected chi connectivity index (χ3v) is 7.35. The maximum absolute atomic E-state index is 13.0. The Morgan fingerprint density at radius 1 is 1.00 bits per heavy atom. The van der Waals surface area contributed by atoms with Crippen LogP contribution in [0.25, 0.3) is 10.9 Å². The SMILES string of the molecule is CC(C)[C@H](NC(=O)c1ccc2ccccc2n1)C1=NOC(C(=O)N[C@@H](CC(=O)O)C(=O)COC(=O)c2c(Cl)cccc2Cl)C1. The first-order chi connectivity index (χ1) is 20.9. The van der Waals surface area contributed by atoms with Gasteiger partial charge in [0.1, 0.15) is 11.7 Å². The standard InChI is InChI=1S/C30H28Cl2N4O8/c1-15(2)27(35-28(40)20-11-10-16-6-3-4-9-19(16)33-20)22-12-24(44-36-22)29(41)34-21(13-25(38)39)23(37)14-43-30(42)26-17(31)7-5-8-18(26)32/h3-11,15,21,24,27H,12-14H2,1-2H3,(H,34,41)(H,35,40)(H,38,39)/t21-,24?,27-/m0/s1.